The van der Waals surface area contributed by atoms with Crippen molar-refractivity contribution < 1.29 is 9.53 Å². The van der Waals surface area contributed by atoms with Gasteiger partial charge in [0.25, 0.3) is 5.91 Å². The van der Waals surface area contributed by atoms with Crippen LogP contribution in [0.3, 0.4) is 0 Å². The number of carbonyl (C=O) groups excluding carboxylic acids is 1. The number of hydrogen-bond donors (Lipinski definition) is 2. The quantitative estimate of drug-likeness (QED) is 0.874. The van der Waals surface area contributed by atoms with Gasteiger partial charge in [0.2, 0.25) is 0 Å². The van der Waals surface area contributed by atoms with Gasteiger partial charge in [-0.15, -0.1) is 0 Å². The normalized spacial score (nSPS) is 20.4. The predicted octanol–water partition coefficient (Wildman–Crippen LogP) is 1.51. The Morgan fingerprint density at radius 1 is 1.40 bits per heavy atom. The Balaban J connectivity index is 1.64. The average molecular weight is 278 g/mol. The van der Waals surface area contributed by atoms with Gasteiger partial charge in [-0.2, -0.15) is 5.10 Å². The number of piperidine rings is 1. The Kier molecular flexibility index (Phi) is 3.65. The van der Waals surface area contributed by atoms with E-state index in [9.17, 15) is 4.79 Å². The molecule has 6 heteroatoms. The van der Waals surface area contributed by atoms with Crippen LogP contribution in [-0.2, 0) is 4.74 Å². The molecule has 110 valence electrons. The lowest BCUT2D eigenvalue weighted by Crippen LogP contribution is -2.41. The van der Waals surface area contributed by atoms with Gasteiger partial charge in [-0.25, -0.2) is 0 Å². The van der Waals surface area contributed by atoms with E-state index >= 15 is 0 Å². The van der Waals surface area contributed by atoms with Crippen molar-refractivity contribution in [2.24, 2.45) is 0 Å². The van der Waals surface area contributed by atoms with E-state index < -0.39 is 0 Å². The summed E-state index contributed by atoms with van der Waals surface area (Å²) in [5.41, 5.74) is 7.94. The molecule has 2 fully saturated rings. The summed E-state index contributed by atoms with van der Waals surface area (Å²) in [7, 11) is 0. The predicted molar refractivity (Wildman–Crippen MR) is 75.5 cm³/mol. The summed E-state index contributed by atoms with van der Waals surface area (Å²) in [4.78, 5) is 14.3. The van der Waals surface area contributed by atoms with Gasteiger partial charge in [-0.1, -0.05) is 0 Å². The lowest BCUT2D eigenvalue weighted by molar-refractivity contribution is 0.0144. The van der Waals surface area contributed by atoms with Crippen molar-refractivity contribution in [3.8, 4) is 0 Å². The number of H-pyrrole nitrogens is 1. The maximum Gasteiger partial charge on any atom is 0.276 e. The van der Waals surface area contributed by atoms with Gasteiger partial charge in [0, 0.05) is 25.6 Å². The van der Waals surface area contributed by atoms with Crippen LogP contribution in [0.2, 0.25) is 0 Å². The van der Waals surface area contributed by atoms with Crippen LogP contribution >= 0.6 is 0 Å². The van der Waals surface area contributed by atoms with Crippen LogP contribution in [-0.4, -0.2) is 46.8 Å². The van der Waals surface area contributed by atoms with Crippen molar-refractivity contribution in [3.05, 3.63) is 11.4 Å². The molecule has 6 nitrogen and oxygen atoms in total. The number of aromatic nitrogens is 2. The minimum absolute atomic E-state index is 0.0550. The Morgan fingerprint density at radius 3 is 2.70 bits per heavy atom. The van der Waals surface area contributed by atoms with Crippen LogP contribution in [0.5, 0.6) is 0 Å². The summed E-state index contributed by atoms with van der Waals surface area (Å²) in [5.74, 6) is 0.424. The first kappa shape index (κ1) is 13.4. The van der Waals surface area contributed by atoms with Crippen molar-refractivity contribution in [3.63, 3.8) is 0 Å². The molecule has 0 atom stereocenters. The van der Waals surface area contributed by atoms with Gasteiger partial charge in [-0.3, -0.25) is 9.89 Å². The zero-order valence-corrected chi connectivity index (χ0v) is 11.9. The minimum Gasteiger partial charge on any atom is -0.395 e. The average Bonchev–Trinajstić information content (AvgIpc) is 3.23. The Hall–Kier alpha value is -1.56. The second-order valence-corrected chi connectivity index (χ2v) is 5.62. The SMILES string of the molecule is CCOC1CCN(C(=O)c2n[nH]c(C3CC3)c2N)CC1. The largest absolute Gasteiger partial charge is 0.395 e. The Labute approximate surface area is 118 Å². The summed E-state index contributed by atoms with van der Waals surface area (Å²) in [6.45, 7) is 4.17. The van der Waals surface area contributed by atoms with Crippen LogP contribution in [0.15, 0.2) is 0 Å². The second kappa shape index (κ2) is 5.44. The molecule has 20 heavy (non-hydrogen) atoms. The first-order valence-corrected chi connectivity index (χ1v) is 7.45. The van der Waals surface area contributed by atoms with Gasteiger partial charge in [-0.05, 0) is 32.6 Å². The number of nitrogens with two attached hydrogens (primary N) is 1. The van der Waals surface area contributed by atoms with Crippen LogP contribution in [0, 0.1) is 0 Å². The van der Waals surface area contributed by atoms with Gasteiger partial charge in [0.1, 0.15) is 0 Å². The Morgan fingerprint density at radius 2 is 2.10 bits per heavy atom. The molecule has 2 heterocycles. The number of anilines is 1. The van der Waals surface area contributed by atoms with Crippen LogP contribution in [0.1, 0.15) is 54.7 Å². The number of nitrogen functional groups attached to an aromatic ring is 1. The number of amides is 1. The first-order valence-electron chi connectivity index (χ1n) is 7.45. The number of aromatic amines is 1. The molecule has 1 aliphatic carbocycles. The zero-order valence-electron chi connectivity index (χ0n) is 11.9. The molecule has 1 aromatic rings. The van der Waals surface area contributed by atoms with Gasteiger partial charge < -0.3 is 15.4 Å². The maximum atomic E-state index is 12.5. The highest BCUT2D eigenvalue weighted by molar-refractivity contribution is 5.97. The van der Waals surface area contributed by atoms with Gasteiger partial charge >= 0.3 is 0 Å². The third-order valence-electron chi connectivity index (χ3n) is 4.15. The third-order valence-corrected chi connectivity index (χ3v) is 4.15. The lowest BCUT2D eigenvalue weighted by atomic mass is 10.1. The molecule has 1 amide bonds. The summed E-state index contributed by atoms with van der Waals surface area (Å²) in [6, 6.07) is 0. The molecule has 0 radical (unpaired) electrons. The van der Waals surface area contributed by atoms with Crippen molar-refractivity contribution in [2.75, 3.05) is 25.4 Å². The molecule has 1 saturated carbocycles. The fraction of sp³-hybridized carbons (Fsp3) is 0.714. The number of nitrogens with one attached hydrogen (secondary N) is 1. The van der Waals surface area contributed by atoms with Crippen LogP contribution in [0.25, 0.3) is 0 Å². The molecule has 3 N–H and O–H groups in total. The van der Waals surface area contributed by atoms with E-state index in [2.05, 4.69) is 10.2 Å². The number of nitrogens with zero attached hydrogens (tertiary/aromatic N) is 2. The summed E-state index contributed by atoms with van der Waals surface area (Å²) in [6.07, 6.45) is 4.33. The fourth-order valence-corrected chi connectivity index (χ4v) is 2.82. The standard InChI is InChI=1S/C14H22N4O2/c1-2-20-10-5-7-18(8-6-10)14(19)13-11(15)12(16-17-13)9-3-4-9/h9-10H,2-8,15H2,1H3,(H,16,17). The molecule has 1 saturated heterocycles. The van der Waals surface area contributed by atoms with Crippen molar-refractivity contribution in [1.82, 2.24) is 15.1 Å². The number of ether oxygens (including phenoxy) is 1. The molecule has 0 spiro atoms. The van der Waals surface area contributed by atoms with Crippen molar-refractivity contribution >= 4 is 11.6 Å². The molecule has 3 rings (SSSR count). The minimum atomic E-state index is -0.0550. The third kappa shape index (κ3) is 2.52. The molecular weight excluding hydrogens is 256 g/mol. The molecule has 0 unspecified atom stereocenters. The fourth-order valence-electron chi connectivity index (χ4n) is 2.82. The second-order valence-electron chi connectivity index (χ2n) is 5.62. The number of carbonyl (C=O) groups is 1. The van der Waals surface area contributed by atoms with E-state index in [1.54, 1.807) is 0 Å². The molecular formula is C14H22N4O2. The van der Waals surface area contributed by atoms with E-state index in [1.807, 2.05) is 11.8 Å². The topological polar surface area (TPSA) is 84.2 Å². The van der Waals surface area contributed by atoms with E-state index in [-0.39, 0.29) is 12.0 Å². The highest BCUT2D eigenvalue weighted by Gasteiger charge is 2.32. The Bertz CT molecular complexity index is 487. The van der Waals surface area contributed by atoms with Crippen LogP contribution in [0.4, 0.5) is 5.69 Å². The molecule has 1 aliphatic heterocycles. The molecule has 2 aliphatic rings. The van der Waals surface area contributed by atoms with Crippen molar-refractivity contribution in [1.29, 1.82) is 0 Å². The molecule has 0 aromatic carbocycles. The van der Waals surface area contributed by atoms with Crippen LogP contribution < -0.4 is 5.73 Å². The maximum absolute atomic E-state index is 12.5. The number of hydrogen-bond acceptors (Lipinski definition) is 4. The molecule has 0 bridgehead atoms. The number of likely N-dealkylation sites (tertiary alicyclic amines) is 1. The molecule has 1 aromatic heterocycles. The first-order chi connectivity index (χ1) is 9.70. The highest BCUT2D eigenvalue weighted by atomic mass is 16.5. The highest BCUT2D eigenvalue weighted by Crippen LogP contribution is 2.42. The monoisotopic (exact) mass is 278 g/mol. The number of rotatable bonds is 4. The van der Waals surface area contributed by atoms with E-state index in [4.69, 9.17) is 10.5 Å². The lowest BCUT2D eigenvalue weighted by Gasteiger charge is -2.31. The van der Waals surface area contributed by atoms with Gasteiger partial charge in [0.15, 0.2) is 5.69 Å². The smallest absolute Gasteiger partial charge is 0.276 e. The van der Waals surface area contributed by atoms with E-state index in [1.165, 1.54) is 0 Å². The van der Waals surface area contributed by atoms with E-state index in [0.717, 1.165) is 38.0 Å². The zero-order chi connectivity index (χ0) is 14.1. The van der Waals surface area contributed by atoms with Gasteiger partial charge in [0.05, 0.1) is 17.5 Å². The summed E-state index contributed by atoms with van der Waals surface area (Å²) < 4.78 is 5.60. The van der Waals surface area contributed by atoms with Crippen molar-refractivity contribution in [2.45, 2.75) is 44.6 Å². The summed E-state index contributed by atoms with van der Waals surface area (Å²) in [5, 5.41) is 7.07. The summed E-state index contributed by atoms with van der Waals surface area (Å²) >= 11 is 0. The van der Waals surface area contributed by atoms with E-state index in [0.29, 0.717) is 30.4 Å².